The van der Waals surface area contributed by atoms with Crippen LogP contribution in [0, 0.1) is 28.6 Å². The fraction of sp³-hybridized carbons (Fsp3) is 0.769. The number of allylic oxidation sites excluding steroid dienone is 4. The summed E-state index contributed by atoms with van der Waals surface area (Å²) < 4.78 is 43.6. The molecule has 190 valence electrons. The van der Waals surface area contributed by atoms with E-state index >= 15 is 8.78 Å². The minimum absolute atomic E-state index is 0.0894. The minimum atomic E-state index is -2.24. The first kappa shape index (κ1) is 25.6. The van der Waals surface area contributed by atoms with Gasteiger partial charge in [-0.2, -0.15) is 0 Å². The zero-order valence-corrected chi connectivity index (χ0v) is 20.6. The Labute approximate surface area is 199 Å². The monoisotopic (exact) mass is 482 g/mol. The van der Waals surface area contributed by atoms with Gasteiger partial charge in [-0.3, -0.25) is 9.59 Å². The summed E-state index contributed by atoms with van der Waals surface area (Å²) in [6, 6.07) is 0. The van der Waals surface area contributed by atoms with E-state index in [0.29, 0.717) is 0 Å². The Hall–Kier alpha value is -1.48. The van der Waals surface area contributed by atoms with E-state index in [1.807, 2.05) is 0 Å². The smallest absolute Gasteiger partial charge is 0.220 e. The predicted octanol–water partition coefficient (Wildman–Crippen LogP) is 3.60. The van der Waals surface area contributed by atoms with Crippen LogP contribution < -0.4 is 0 Å². The number of carbonyl (C=O) groups is 2. The van der Waals surface area contributed by atoms with Crippen LogP contribution in [0.5, 0.6) is 0 Å². The number of carbonyl (C=O) groups excluding carboxylic acids is 2. The molecule has 0 radical (unpaired) electrons. The molecule has 0 spiro atoms. The Morgan fingerprint density at radius 2 is 1.85 bits per heavy atom. The van der Waals surface area contributed by atoms with E-state index in [0.717, 1.165) is 0 Å². The van der Waals surface area contributed by atoms with Crippen LogP contribution in [-0.2, 0) is 19.1 Å². The third-order valence-corrected chi connectivity index (χ3v) is 9.47. The second-order valence-electron chi connectivity index (χ2n) is 10.9. The van der Waals surface area contributed by atoms with Gasteiger partial charge in [0.15, 0.2) is 11.5 Å². The van der Waals surface area contributed by atoms with Crippen LogP contribution in [0.1, 0.15) is 60.3 Å². The lowest BCUT2D eigenvalue weighted by Crippen LogP contribution is -2.70. The highest BCUT2D eigenvalue weighted by Gasteiger charge is 2.76. The molecule has 8 heteroatoms. The highest BCUT2D eigenvalue weighted by molar-refractivity contribution is 5.94. The first-order valence-electron chi connectivity index (χ1n) is 12.3. The largest absolute Gasteiger partial charge is 0.390 e. The van der Waals surface area contributed by atoms with Crippen molar-refractivity contribution >= 4 is 11.6 Å². The van der Waals surface area contributed by atoms with Crippen molar-refractivity contribution in [3.63, 3.8) is 0 Å². The van der Waals surface area contributed by atoms with Gasteiger partial charge < -0.3 is 19.7 Å². The second kappa shape index (κ2) is 8.29. The van der Waals surface area contributed by atoms with Crippen LogP contribution in [0.2, 0.25) is 0 Å². The molecular formula is C26H36F2O6. The number of rotatable bonds is 6. The van der Waals surface area contributed by atoms with Crippen molar-refractivity contribution in [2.45, 2.75) is 84.0 Å². The average Bonchev–Trinajstić information content (AvgIpc) is 2.98. The normalized spacial score (nSPS) is 45.9. The third-order valence-electron chi connectivity index (χ3n) is 9.47. The highest BCUT2D eigenvalue weighted by atomic mass is 19.1. The zero-order valence-electron chi connectivity index (χ0n) is 20.6. The summed E-state index contributed by atoms with van der Waals surface area (Å²) in [6.07, 6.45) is -0.595. The van der Waals surface area contributed by atoms with E-state index in [1.165, 1.54) is 12.2 Å². The van der Waals surface area contributed by atoms with Crippen LogP contribution >= 0.6 is 0 Å². The fourth-order valence-electron chi connectivity index (χ4n) is 7.72. The Bertz CT molecular complexity index is 942. The Morgan fingerprint density at radius 3 is 2.44 bits per heavy atom. The van der Waals surface area contributed by atoms with Crippen molar-refractivity contribution in [2.24, 2.45) is 28.6 Å². The standard InChI is InChI=1S/C26H36F2O6/c1-6-33-22(34-7-2)21(31)26(32)14(3)10-16-17-12-19(27)18-11-15(29)8-9-23(18,4)25(17,28)20(30)13-24(16,26)5/h8-9,14,16-17,20,22,30,32H,6-7,10-13H2,1-5H3/t14-,16+,17+,20+,23+,24+,25+,26+/m1/s1. The van der Waals surface area contributed by atoms with Crippen LogP contribution in [0.15, 0.2) is 23.6 Å². The third kappa shape index (κ3) is 3.04. The molecule has 6 nitrogen and oxygen atoms in total. The molecule has 4 rings (SSSR count). The van der Waals surface area contributed by atoms with E-state index in [-0.39, 0.29) is 50.3 Å². The lowest BCUT2D eigenvalue weighted by Gasteiger charge is -2.62. The molecule has 0 aromatic carbocycles. The molecule has 0 saturated heterocycles. The molecule has 0 bridgehead atoms. The summed E-state index contributed by atoms with van der Waals surface area (Å²) >= 11 is 0. The molecule has 2 N–H and O–H groups in total. The zero-order chi connectivity index (χ0) is 25.3. The van der Waals surface area contributed by atoms with Gasteiger partial charge in [0.2, 0.25) is 12.1 Å². The molecule has 4 aliphatic carbocycles. The van der Waals surface area contributed by atoms with Crippen molar-refractivity contribution in [3.05, 3.63) is 23.6 Å². The number of alkyl halides is 1. The molecule has 0 heterocycles. The van der Waals surface area contributed by atoms with E-state index in [9.17, 15) is 19.8 Å². The molecule has 0 aromatic heterocycles. The van der Waals surface area contributed by atoms with Gasteiger partial charge in [0.05, 0.1) is 6.10 Å². The van der Waals surface area contributed by atoms with Crippen LogP contribution in [0.3, 0.4) is 0 Å². The Balaban J connectivity index is 1.81. The van der Waals surface area contributed by atoms with Gasteiger partial charge in [-0.1, -0.05) is 19.9 Å². The highest BCUT2D eigenvalue weighted by Crippen LogP contribution is 2.71. The average molecular weight is 483 g/mol. The molecule has 0 unspecified atom stereocenters. The minimum Gasteiger partial charge on any atom is -0.390 e. The first-order chi connectivity index (χ1) is 15.8. The van der Waals surface area contributed by atoms with E-state index in [1.54, 1.807) is 34.6 Å². The van der Waals surface area contributed by atoms with Gasteiger partial charge in [0.25, 0.3) is 0 Å². The lowest BCUT2D eigenvalue weighted by molar-refractivity contribution is -0.229. The summed E-state index contributed by atoms with van der Waals surface area (Å²) in [6.45, 7) is 8.78. The molecule has 34 heavy (non-hydrogen) atoms. The van der Waals surface area contributed by atoms with Gasteiger partial charge in [0.1, 0.15) is 11.4 Å². The SMILES string of the molecule is CCOC(OCC)C(=O)[C@@]1(O)[C@H](C)C[C@H]2[C@@H]3CC(F)=C4CC(=O)C=C[C@]4(C)[C@@]3(F)[C@@H](O)C[C@@]21C. The number of hydrogen-bond acceptors (Lipinski definition) is 6. The summed E-state index contributed by atoms with van der Waals surface area (Å²) in [5, 5.41) is 23.3. The van der Waals surface area contributed by atoms with E-state index in [4.69, 9.17) is 9.47 Å². The molecule has 0 amide bonds. The quantitative estimate of drug-likeness (QED) is 0.562. The maximum Gasteiger partial charge on any atom is 0.220 e. The van der Waals surface area contributed by atoms with Gasteiger partial charge in [0, 0.05) is 42.8 Å². The van der Waals surface area contributed by atoms with Crippen molar-refractivity contribution in [1.82, 2.24) is 0 Å². The van der Waals surface area contributed by atoms with Gasteiger partial charge in [-0.25, -0.2) is 8.78 Å². The number of hydrogen-bond donors (Lipinski definition) is 2. The van der Waals surface area contributed by atoms with Crippen molar-refractivity contribution < 1.29 is 38.1 Å². The van der Waals surface area contributed by atoms with E-state index in [2.05, 4.69) is 0 Å². The second-order valence-corrected chi connectivity index (χ2v) is 10.9. The van der Waals surface area contributed by atoms with Crippen LogP contribution in [0.25, 0.3) is 0 Å². The molecular weight excluding hydrogens is 446 g/mol. The molecule has 0 aromatic rings. The number of aliphatic hydroxyl groups excluding tert-OH is 1. The summed E-state index contributed by atoms with van der Waals surface area (Å²) in [7, 11) is 0. The van der Waals surface area contributed by atoms with Crippen LogP contribution in [-0.4, -0.2) is 58.7 Å². The fourth-order valence-corrected chi connectivity index (χ4v) is 7.72. The molecule has 0 aliphatic heterocycles. The summed E-state index contributed by atoms with van der Waals surface area (Å²) in [4.78, 5) is 25.6. The molecule has 8 atom stereocenters. The molecule has 2 fully saturated rings. The van der Waals surface area contributed by atoms with Crippen molar-refractivity contribution in [3.8, 4) is 0 Å². The number of fused-ring (bicyclic) bond motifs is 5. The summed E-state index contributed by atoms with van der Waals surface area (Å²) in [5.41, 5.74) is -6.81. The van der Waals surface area contributed by atoms with E-state index < -0.39 is 63.9 Å². The maximum absolute atomic E-state index is 17.2. The van der Waals surface area contributed by atoms with Crippen LogP contribution in [0.4, 0.5) is 8.78 Å². The van der Waals surface area contributed by atoms with Crippen molar-refractivity contribution in [1.29, 1.82) is 0 Å². The number of aliphatic hydroxyl groups is 2. The number of ether oxygens (including phenoxy) is 2. The Morgan fingerprint density at radius 1 is 1.24 bits per heavy atom. The summed E-state index contributed by atoms with van der Waals surface area (Å²) in [5.74, 6) is -3.62. The lowest BCUT2D eigenvalue weighted by atomic mass is 9.45. The number of ketones is 2. The predicted molar refractivity (Wildman–Crippen MR) is 120 cm³/mol. The van der Waals surface area contributed by atoms with Gasteiger partial charge in [-0.05, 0) is 57.1 Å². The molecule has 2 saturated carbocycles. The topological polar surface area (TPSA) is 93.1 Å². The first-order valence-corrected chi connectivity index (χ1v) is 12.3. The Kier molecular flexibility index (Phi) is 6.24. The molecule has 4 aliphatic rings. The van der Waals surface area contributed by atoms with Gasteiger partial charge >= 0.3 is 0 Å². The van der Waals surface area contributed by atoms with Gasteiger partial charge in [-0.15, -0.1) is 0 Å². The number of halogens is 2. The number of Topliss-reactive ketones (excluding diaryl/α,β-unsaturated/α-hetero) is 1. The maximum atomic E-state index is 17.2. The van der Waals surface area contributed by atoms with Crippen molar-refractivity contribution in [2.75, 3.05) is 13.2 Å².